The summed E-state index contributed by atoms with van der Waals surface area (Å²) in [4.78, 5) is 2.47. The third kappa shape index (κ3) is 3.78. The Bertz CT molecular complexity index is 219. The zero-order valence-electron chi connectivity index (χ0n) is 11.0. The number of amidine groups is 1. The zero-order chi connectivity index (χ0) is 12.1. The van der Waals surface area contributed by atoms with Gasteiger partial charge in [-0.05, 0) is 45.1 Å². The van der Waals surface area contributed by atoms with Crippen molar-refractivity contribution in [3.63, 3.8) is 0 Å². The Balaban J connectivity index is 2.47. The van der Waals surface area contributed by atoms with Gasteiger partial charge in [-0.2, -0.15) is 0 Å². The van der Waals surface area contributed by atoms with Gasteiger partial charge in [-0.1, -0.05) is 13.8 Å². The monoisotopic (exact) mass is 225 g/mol. The lowest BCUT2D eigenvalue weighted by Crippen LogP contribution is -2.43. The van der Waals surface area contributed by atoms with Crippen LogP contribution in [0, 0.1) is 11.3 Å². The normalized spacial score (nSPS) is 28.0. The second-order valence-electron chi connectivity index (χ2n) is 5.37. The van der Waals surface area contributed by atoms with E-state index in [0.717, 1.165) is 18.8 Å². The lowest BCUT2D eigenvalue weighted by Gasteiger charge is -2.38. The highest BCUT2D eigenvalue weighted by atomic mass is 15.2. The van der Waals surface area contributed by atoms with Crippen molar-refractivity contribution in [1.82, 2.24) is 4.90 Å². The van der Waals surface area contributed by atoms with Crippen molar-refractivity contribution < 1.29 is 0 Å². The summed E-state index contributed by atoms with van der Waals surface area (Å²) in [5, 5.41) is 7.42. The molecule has 1 rings (SSSR count). The predicted octanol–water partition coefficient (Wildman–Crippen LogP) is 2.60. The Morgan fingerprint density at radius 2 is 1.94 bits per heavy atom. The zero-order valence-corrected chi connectivity index (χ0v) is 11.0. The van der Waals surface area contributed by atoms with E-state index >= 15 is 0 Å². The molecule has 1 aliphatic rings. The molecule has 0 amide bonds. The van der Waals surface area contributed by atoms with Crippen molar-refractivity contribution >= 4 is 5.84 Å². The van der Waals surface area contributed by atoms with Gasteiger partial charge in [-0.25, -0.2) is 0 Å². The van der Waals surface area contributed by atoms with Crippen LogP contribution in [0.3, 0.4) is 0 Å². The number of hydrogen-bond donors (Lipinski definition) is 2. The lowest BCUT2D eigenvalue weighted by atomic mass is 9.86. The maximum atomic E-state index is 7.42. The molecule has 0 aromatic carbocycles. The summed E-state index contributed by atoms with van der Waals surface area (Å²) in [6.07, 6.45) is 7.14. The maximum Gasteiger partial charge on any atom is 0.0921 e. The van der Waals surface area contributed by atoms with Crippen LogP contribution in [0.25, 0.3) is 0 Å². The molecule has 0 aliphatic heterocycles. The van der Waals surface area contributed by atoms with Crippen LogP contribution in [0.2, 0.25) is 0 Å². The predicted molar refractivity (Wildman–Crippen MR) is 69.8 cm³/mol. The van der Waals surface area contributed by atoms with Crippen LogP contribution in [0.4, 0.5) is 0 Å². The Morgan fingerprint density at radius 3 is 2.38 bits per heavy atom. The molecule has 3 heteroatoms. The van der Waals surface area contributed by atoms with E-state index in [1.165, 1.54) is 25.7 Å². The summed E-state index contributed by atoms with van der Waals surface area (Å²) in [7, 11) is 2.21. The molecular weight excluding hydrogens is 198 g/mol. The second kappa shape index (κ2) is 6.24. The molecule has 16 heavy (non-hydrogen) atoms. The molecule has 0 heterocycles. The summed E-state index contributed by atoms with van der Waals surface area (Å²) in [6, 6.07) is 1.16. The van der Waals surface area contributed by atoms with Gasteiger partial charge in [-0.15, -0.1) is 0 Å². The Morgan fingerprint density at radius 1 is 1.38 bits per heavy atom. The van der Waals surface area contributed by atoms with E-state index in [9.17, 15) is 0 Å². The number of rotatable bonds is 5. The first-order valence-electron chi connectivity index (χ1n) is 6.59. The highest BCUT2D eigenvalue weighted by Gasteiger charge is 2.25. The minimum atomic E-state index is 0.322. The molecule has 0 aromatic heterocycles. The van der Waals surface area contributed by atoms with Crippen molar-refractivity contribution in [3.05, 3.63) is 0 Å². The van der Waals surface area contributed by atoms with E-state index in [2.05, 4.69) is 25.8 Å². The molecule has 3 N–H and O–H groups in total. The third-order valence-electron chi connectivity index (χ3n) is 4.06. The largest absolute Gasteiger partial charge is 0.388 e. The highest BCUT2D eigenvalue weighted by molar-refractivity contribution is 5.77. The average Bonchev–Trinajstić information content (AvgIpc) is 2.25. The van der Waals surface area contributed by atoms with Crippen LogP contribution in [0.1, 0.15) is 52.4 Å². The Hall–Kier alpha value is -0.570. The summed E-state index contributed by atoms with van der Waals surface area (Å²) in [6.45, 7) is 4.54. The molecule has 1 fully saturated rings. The van der Waals surface area contributed by atoms with Crippen molar-refractivity contribution in [3.8, 4) is 0 Å². The molecule has 0 radical (unpaired) electrons. The van der Waals surface area contributed by atoms with Crippen molar-refractivity contribution in [2.24, 2.45) is 11.7 Å². The number of hydrogen-bond acceptors (Lipinski definition) is 2. The molecule has 94 valence electrons. The second-order valence-corrected chi connectivity index (χ2v) is 5.37. The van der Waals surface area contributed by atoms with Gasteiger partial charge < -0.3 is 10.6 Å². The van der Waals surface area contributed by atoms with Crippen molar-refractivity contribution in [2.75, 3.05) is 7.05 Å². The molecule has 1 atom stereocenters. The van der Waals surface area contributed by atoms with Crippen LogP contribution in [0.15, 0.2) is 0 Å². The minimum Gasteiger partial charge on any atom is -0.388 e. The van der Waals surface area contributed by atoms with Crippen LogP contribution in [-0.2, 0) is 0 Å². The van der Waals surface area contributed by atoms with E-state index < -0.39 is 0 Å². The summed E-state index contributed by atoms with van der Waals surface area (Å²) in [5.74, 6) is 1.22. The van der Waals surface area contributed by atoms with Gasteiger partial charge in [0.1, 0.15) is 0 Å². The molecule has 0 bridgehead atoms. The van der Waals surface area contributed by atoms with Crippen LogP contribution >= 0.6 is 0 Å². The fraction of sp³-hybridized carbons (Fsp3) is 0.923. The van der Waals surface area contributed by atoms with Crippen LogP contribution < -0.4 is 5.73 Å². The van der Waals surface area contributed by atoms with Gasteiger partial charge in [0.2, 0.25) is 0 Å². The van der Waals surface area contributed by atoms with E-state index in [4.69, 9.17) is 11.1 Å². The van der Waals surface area contributed by atoms with Gasteiger partial charge in [0, 0.05) is 18.5 Å². The van der Waals surface area contributed by atoms with Crippen LogP contribution in [-0.4, -0.2) is 29.9 Å². The number of nitrogens with zero attached hydrogens (tertiary/aromatic N) is 1. The molecule has 1 saturated carbocycles. The lowest BCUT2D eigenvalue weighted by molar-refractivity contribution is 0.123. The molecule has 3 nitrogen and oxygen atoms in total. The van der Waals surface area contributed by atoms with E-state index in [1.807, 2.05) is 0 Å². The van der Waals surface area contributed by atoms with Gasteiger partial charge in [-0.3, -0.25) is 5.41 Å². The van der Waals surface area contributed by atoms with Crippen molar-refractivity contribution in [1.29, 1.82) is 5.41 Å². The summed E-state index contributed by atoms with van der Waals surface area (Å²) < 4.78 is 0. The number of nitrogens with two attached hydrogens (primary N) is 1. The number of nitrogens with one attached hydrogen (secondary N) is 1. The molecule has 1 unspecified atom stereocenters. The molecular formula is C13H27N3. The fourth-order valence-corrected chi connectivity index (χ4v) is 2.78. The first-order valence-corrected chi connectivity index (χ1v) is 6.59. The first kappa shape index (κ1) is 13.5. The van der Waals surface area contributed by atoms with Gasteiger partial charge in [0.05, 0.1) is 5.84 Å². The Labute approximate surface area is 99.9 Å². The van der Waals surface area contributed by atoms with E-state index in [1.54, 1.807) is 0 Å². The Kier molecular flexibility index (Phi) is 5.26. The third-order valence-corrected chi connectivity index (χ3v) is 4.06. The minimum absolute atomic E-state index is 0.322. The van der Waals surface area contributed by atoms with Gasteiger partial charge in [0.15, 0.2) is 0 Å². The molecule has 0 aromatic rings. The summed E-state index contributed by atoms with van der Waals surface area (Å²) >= 11 is 0. The molecule has 1 aliphatic carbocycles. The molecule has 0 spiro atoms. The SMILES string of the molecule is CCC(CC(=N)N)N(C)C1CCC(C)CC1. The quantitative estimate of drug-likeness (QED) is 0.558. The smallest absolute Gasteiger partial charge is 0.0921 e. The van der Waals surface area contributed by atoms with E-state index in [-0.39, 0.29) is 0 Å². The average molecular weight is 225 g/mol. The standard InChI is InChI=1S/C13H27N3/c1-4-11(9-13(14)15)16(3)12-7-5-10(2)6-8-12/h10-12H,4-9H2,1-3H3,(H3,14,15). The summed E-state index contributed by atoms with van der Waals surface area (Å²) in [5.41, 5.74) is 5.51. The van der Waals surface area contributed by atoms with Gasteiger partial charge in [0.25, 0.3) is 0 Å². The van der Waals surface area contributed by atoms with Crippen LogP contribution in [0.5, 0.6) is 0 Å². The molecule has 0 saturated heterocycles. The highest BCUT2D eigenvalue weighted by Crippen LogP contribution is 2.28. The van der Waals surface area contributed by atoms with Gasteiger partial charge >= 0.3 is 0 Å². The van der Waals surface area contributed by atoms with E-state index in [0.29, 0.717) is 17.9 Å². The first-order chi connectivity index (χ1) is 7.54. The maximum absolute atomic E-state index is 7.42. The van der Waals surface area contributed by atoms with Crippen molar-refractivity contribution in [2.45, 2.75) is 64.5 Å². The topological polar surface area (TPSA) is 53.1 Å². The fourth-order valence-electron chi connectivity index (χ4n) is 2.78.